The summed E-state index contributed by atoms with van der Waals surface area (Å²) >= 11 is 0. The molecule has 0 radical (unpaired) electrons. The summed E-state index contributed by atoms with van der Waals surface area (Å²) < 4.78 is 0. The first-order valence-electron chi connectivity index (χ1n) is 9.44. The lowest BCUT2D eigenvalue weighted by Crippen LogP contribution is -2.53. The maximum Gasteiger partial charge on any atom is 0.0251 e. The minimum absolute atomic E-state index is 0.718. The number of likely N-dealkylation sites (N-methyl/N-ethyl adjacent to an activating group) is 1. The summed E-state index contributed by atoms with van der Waals surface area (Å²) in [4.78, 5) is 2.85. The van der Waals surface area contributed by atoms with E-state index in [0.717, 1.165) is 35.8 Å². The predicted molar refractivity (Wildman–Crippen MR) is 92.6 cm³/mol. The lowest BCUT2D eigenvalue weighted by atomic mass is 9.76. The van der Waals surface area contributed by atoms with Gasteiger partial charge in [-0.05, 0) is 82.3 Å². The molecule has 1 saturated carbocycles. The second-order valence-corrected chi connectivity index (χ2v) is 8.25. The van der Waals surface area contributed by atoms with E-state index < -0.39 is 0 Å². The van der Waals surface area contributed by atoms with Crippen molar-refractivity contribution in [3.63, 3.8) is 0 Å². The lowest BCUT2D eigenvalue weighted by molar-refractivity contribution is 0.0868. The smallest absolute Gasteiger partial charge is 0.0251 e. The van der Waals surface area contributed by atoms with E-state index in [2.05, 4.69) is 45.0 Å². The van der Waals surface area contributed by atoms with Gasteiger partial charge < -0.3 is 5.32 Å². The third-order valence-electron chi connectivity index (χ3n) is 6.39. The number of hydrogen-bond acceptors (Lipinski definition) is 2. The quantitative estimate of drug-likeness (QED) is 0.837. The van der Waals surface area contributed by atoms with Crippen molar-refractivity contribution < 1.29 is 0 Å². The summed E-state index contributed by atoms with van der Waals surface area (Å²) in [6.45, 7) is 12.3. The average Bonchev–Trinajstić information content (AvgIpc) is 2.72. The first-order chi connectivity index (χ1) is 10.0. The van der Waals surface area contributed by atoms with Crippen LogP contribution in [0.3, 0.4) is 0 Å². The van der Waals surface area contributed by atoms with Crippen molar-refractivity contribution in [3.05, 3.63) is 0 Å². The van der Waals surface area contributed by atoms with Gasteiger partial charge in [0.1, 0.15) is 0 Å². The highest BCUT2D eigenvalue weighted by Crippen LogP contribution is 2.34. The molecule has 2 nitrogen and oxygen atoms in total. The normalized spacial score (nSPS) is 36.1. The van der Waals surface area contributed by atoms with Gasteiger partial charge in [-0.15, -0.1) is 0 Å². The summed E-state index contributed by atoms with van der Waals surface area (Å²) in [6.07, 6.45) is 8.46. The molecule has 2 fully saturated rings. The highest BCUT2D eigenvalue weighted by atomic mass is 15.2. The number of hydrogen-bond donors (Lipinski definition) is 1. The van der Waals surface area contributed by atoms with E-state index in [1.807, 2.05) is 0 Å². The van der Waals surface area contributed by atoms with Gasteiger partial charge >= 0.3 is 0 Å². The molecule has 0 spiro atoms. The van der Waals surface area contributed by atoms with Crippen LogP contribution in [-0.4, -0.2) is 37.1 Å². The van der Waals surface area contributed by atoms with Crippen LogP contribution in [0.2, 0.25) is 0 Å². The molecule has 1 aliphatic heterocycles. The van der Waals surface area contributed by atoms with Crippen molar-refractivity contribution in [2.24, 2.45) is 23.7 Å². The molecule has 0 amide bonds. The molecule has 0 bridgehead atoms. The average molecular weight is 295 g/mol. The molecule has 1 aliphatic carbocycles. The maximum absolute atomic E-state index is 3.62. The van der Waals surface area contributed by atoms with E-state index in [1.54, 1.807) is 0 Å². The van der Waals surface area contributed by atoms with Crippen LogP contribution in [0.4, 0.5) is 0 Å². The molecule has 4 unspecified atom stereocenters. The fraction of sp³-hybridized carbons (Fsp3) is 1.00. The molecule has 2 rings (SSSR count). The molecule has 21 heavy (non-hydrogen) atoms. The molecule has 0 aromatic heterocycles. The maximum atomic E-state index is 3.62. The molecule has 2 heteroatoms. The van der Waals surface area contributed by atoms with Crippen LogP contribution in [-0.2, 0) is 0 Å². The molecule has 1 saturated heterocycles. The molecule has 2 aliphatic rings. The Balaban J connectivity index is 1.99. The van der Waals surface area contributed by atoms with Crippen molar-refractivity contribution in [1.82, 2.24) is 10.2 Å². The lowest BCUT2D eigenvalue weighted by Gasteiger charge is -2.43. The van der Waals surface area contributed by atoms with Crippen LogP contribution in [0.25, 0.3) is 0 Å². The first-order valence-corrected chi connectivity index (χ1v) is 9.44. The fourth-order valence-corrected chi connectivity index (χ4v) is 4.67. The molecule has 1 N–H and O–H groups in total. The number of nitrogens with one attached hydrogen (secondary N) is 1. The largest absolute Gasteiger partial charge is 0.315 e. The van der Waals surface area contributed by atoms with Gasteiger partial charge in [-0.3, -0.25) is 4.90 Å². The molecular formula is C19H38N2. The van der Waals surface area contributed by atoms with Gasteiger partial charge in [0.25, 0.3) is 0 Å². The zero-order valence-electron chi connectivity index (χ0n) is 15.1. The fourth-order valence-electron chi connectivity index (χ4n) is 4.67. The SMILES string of the molecule is CNC1CCC(C(C)C)CC1N1CCCC(C(C)C)CC1. The first kappa shape index (κ1) is 17.3. The van der Waals surface area contributed by atoms with E-state index in [9.17, 15) is 0 Å². The van der Waals surface area contributed by atoms with E-state index in [0.29, 0.717) is 0 Å². The minimum Gasteiger partial charge on any atom is -0.315 e. The van der Waals surface area contributed by atoms with Crippen LogP contribution in [0, 0.1) is 23.7 Å². The molecule has 4 atom stereocenters. The molecule has 0 aromatic rings. The number of rotatable bonds is 4. The highest BCUT2D eigenvalue weighted by Gasteiger charge is 2.35. The van der Waals surface area contributed by atoms with E-state index in [1.165, 1.54) is 51.6 Å². The third-order valence-corrected chi connectivity index (χ3v) is 6.39. The van der Waals surface area contributed by atoms with Crippen molar-refractivity contribution in [2.75, 3.05) is 20.1 Å². The second-order valence-electron chi connectivity index (χ2n) is 8.25. The van der Waals surface area contributed by atoms with Crippen LogP contribution < -0.4 is 5.32 Å². The Morgan fingerprint density at radius 1 is 0.857 bits per heavy atom. The monoisotopic (exact) mass is 294 g/mol. The Morgan fingerprint density at radius 3 is 2.19 bits per heavy atom. The third kappa shape index (κ3) is 4.45. The Kier molecular flexibility index (Phi) is 6.55. The standard InChI is InChI=1S/C19H38N2/c1-14(2)16-7-6-11-21(12-10-16)19-13-17(15(3)4)8-9-18(19)20-5/h14-20H,6-13H2,1-5H3. The molecule has 124 valence electrons. The number of likely N-dealkylation sites (tertiary alicyclic amines) is 1. The molecular weight excluding hydrogens is 256 g/mol. The van der Waals surface area contributed by atoms with Crippen LogP contribution in [0.15, 0.2) is 0 Å². The zero-order valence-corrected chi connectivity index (χ0v) is 15.1. The number of nitrogens with zero attached hydrogens (tertiary/aromatic N) is 1. The van der Waals surface area contributed by atoms with Gasteiger partial charge in [0, 0.05) is 12.1 Å². The summed E-state index contributed by atoms with van der Waals surface area (Å²) in [7, 11) is 2.17. The van der Waals surface area contributed by atoms with Gasteiger partial charge in [-0.25, -0.2) is 0 Å². The van der Waals surface area contributed by atoms with E-state index in [-0.39, 0.29) is 0 Å². The van der Waals surface area contributed by atoms with Crippen molar-refractivity contribution in [1.29, 1.82) is 0 Å². The van der Waals surface area contributed by atoms with Gasteiger partial charge in [0.15, 0.2) is 0 Å². The molecule has 1 heterocycles. The van der Waals surface area contributed by atoms with Crippen molar-refractivity contribution in [3.8, 4) is 0 Å². The van der Waals surface area contributed by atoms with Gasteiger partial charge in [0.05, 0.1) is 0 Å². The van der Waals surface area contributed by atoms with Crippen LogP contribution in [0.5, 0.6) is 0 Å². The van der Waals surface area contributed by atoms with Crippen LogP contribution in [0.1, 0.15) is 66.2 Å². The Bertz CT molecular complexity index is 300. The Hall–Kier alpha value is -0.0800. The van der Waals surface area contributed by atoms with E-state index in [4.69, 9.17) is 0 Å². The summed E-state index contributed by atoms with van der Waals surface area (Å²) in [6, 6.07) is 1.50. The van der Waals surface area contributed by atoms with Gasteiger partial charge in [-0.2, -0.15) is 0 Å². The minimum atomic E-state index is 0.718. The Morgan fingerprint density at radius 2 is 1.57 bits per heavy atom. The predicted octanol–water partition coefficient (Wildman–Crippen LogP) is 4.16. The molecule has 0 aromatic carbocycles. The van der Waals surface area contributed by atoms with Gasteiger partial charge in [0.2, 0.25) is 0 Å². The topological polar surface area (TPSA) is 15.3 Å². The Labute approximate surface area is 133 Å². The van der Waals surface area contributed by atoms with Crippen molar-refractivity contribution >= 4 is 0 Å². The van der Waals surface area contributed by atoms with Crippen molar-refractivity contribution in [2.45, 2.75) is 78.3 Å². The summed E-state index contributed by atoms with van der Waals surface area (Å²) in [5.74, 6) is 3.59. The second kappa shape index (κ2) is 7.97. The van der Waals surface area contributed by atoms with Crippen LogP contribution >= 0.6 is 0 Å². The summed E-state index contributed by atoms with van der Waals surface area (Å²) in [5.41, 5.74) is 0. The van der Waals surface area contributed by atoms with Gasteiger partial charge in [-0.1, -0.05) is 27.7 Å². The highest BCUT2D eigenvalue weighted by molar-refractivity contribution is 4.92. The summed E-state index contributed by atoms with van der Waals surface area (Å²) in [5, 5.41) is 3.62. The van der Waals surface area contributed by atoms with E-state index >= 15 is 0 Å². The zero-order chi connectivity index (χ0) is 15.4.